The lowest BCUT2D eigenvalue weighted by molar-refractivity contribution is -0.120. The summed E-state index contributed by atoms with van der Waals surface area (Å²) < 4.78 is 0.854. The number of carbonyl (C=O) groups is 2. The molecule has 1 heterocycles. The topological polar surface area (TPSA) is 105 Å². The van der Waals surface area contributed by atoms with Crippen molar-refractivity contribution in [2.75, 3.05) is 0 Å². The van der Waals surface area contributed by atoms with Crippen LogP contribution in [0.1, 0.15) is 18.9 Å². The van der Waals surface area contributed by atoms with Crippen LogP contribution in [0.4, 0.5) is 4.79 Å². The van der Waals surface area contributed by atoms with Crippen molar-refractivity contribution in [2.24, 2.45) is 16.6 Å². The highest BCUT2D eigenvalue weighted by Crippen LogP contribution is 2.25. The van der Waals surface area contributed by atoms with Crippen LogP contribution in [0.15, 0.2) is 27.7 Å². The molecule has 2 rings (SSSR count). The Hall–Kier alpha value is -1.89. The number of halogens is 1. The molecule has 0 aliphatic carbocycles. The number of aromatic hydroxyl groups is 1. The number of nitrogens with two attached hydrogens (primary N) is 1. The zero-order valence-corrected chi connectivity index (χ0v) is 13.1. The number of rotatable bonds is 4. The molecule has 1 aromatic carbocycles. The number of hydrogen-bond acceptors (Lipinski definition) is 3. The second-order valence-electron chi connectivity index (χ2n) is 5.00. The molecule has 6 nitrogen and oxygen atoms in total. The van der Waals surface area contributed by atoms with E-state index in [-0.39, 0.29) is 5.75 Å². The molecule has 112 valence electrons. The molecular weight excluding hydrogens is 338 g/mol. The number of aryl methyl sites for hydroxylation is 1. The molecule has 2 unspecified atom stereocenters. The molecule has 1 aliphatic rings. The molecule has 1 aliphatic heterocycles. The lowest BCUT2D eigenvalue weighted by atomic mass is 9.88. The summed E-state index contributed by atoms with van der Waals surface area (Å²) in [5.41, 5.74) is 6.55. The number of phenols is 1. The predicted octanol–water partition coefficient (Wildman–Crippen LogP) is 1.74. The van der Waals surface area contributed by atoms with Gasteiger partial charge in [0.15, 0.2) is 0 Å². The summed E-state index contributed by atoms with van der Waals surface area (Å²) in [6.45, 7) is 1.62. The van der Waals surface area contributed by atoms with Crippen LogP contribution in [0.25, 0.3) is 0 Å². The van der Waals surface area contributed by atoms with Crippen molar-refractivity contribution in [3.8, 4) is 5.75 Å². The lowest BCUT2D eigenvalue weighted by Crippen LogP contribution is -2.51. The maximum atomic E-state index is 11.5. The summed E-state index contributed by atoms with van der Waals surface area (Å²) in [7, 11) is 0. The Morgan fingerprint density at radius 2 is 2.24 bits per heavy atom. The van der Waals surface area contributed by atoms with E-state index in [0.717, 1.165) is 10.0 Å². The largest absolute Gasteiger partial charge is 0.508 e. The summed E-state index contributed by atoms with van der Waals surface area (Å²) in [6, 6.07) is 4.26. The van der Waals surface area contributed by atoms with E-state index in [2.05, 4.69) is 26.2 Å². The molecule has 0 bridgehead atoms. The zero-order valence-electron chi connectivity index (χ0n) is 11.5. The van der Waals surface area contributed by atoms with E-state index in [0.29, 0.717) is 18.6 Å². The molecule has 4 N–H and O–H groups in total. The minimum Gasteiger partial charge on any atom is -0.508 e. The Morgan fingerprint density at radius 3 is 2.90 bits per heavy atom. The van der Waals surface area contributed by atoms with Gasteiger partial charge in [0, 0.05) is 16.2 Å². The summed E-state index contributed by atoms with van der Waals surface area (Å²) in [5.74, 6) is -0.946. The fourth-order valence-electron chi connectivity index (χ4n) is 2.50. The summed E-state index contributed by atoms with van der Waals surface area (Å²) in [5, 5.41) is 12.5. The van der Waals surface area contributed by atoms with Gasteiger partial charge in [0.1, 0.15) is 5.75 Å². The standard InChI is InChI=1S/C14H16BrN3O3/c1-7-12(13(16)20)10(18-14(21)17-7)4-2-8-6-9(15)3-5-11(8)19/h3,5-6,10,12,19H,2,4H2,1H3,(H2,16,20)(H,18,21). The Morgan fingerprint density at radius 1 is 1.52 bits per heavy atom. The van der Waals surface area contributed by atoms with Gasteiger partial charge in [-0.05, 0) is 43.5 Å². The lowest BCUT2D eigenvalue weighted by Gasteiger charge is -2.28. The number of nitrogens with zero attached hydrogens (tertiary/aromatic N) is 1. The Kier molecular flexibility index (Phi) is 4.62. The van der Waals surface area contributed by atoms with Crippen molar-refractivity contribution in [1.82, 2.24) is 5.32 Å². The predicted molar refractivity (Wildman–Crippen MR) is 82.2 cm³/mol. The van der Waals surface area contributed by atoms with Gasteiger partial charge in [-0.15, -0.1) is 0 Å². The van der Waals surface area contributed by atoms with Crippen LogP contribution in [-0.4, -0.2) is 28.8 Å². The minimum atomic E-state index is -0.614. The number of benzene rings is 1. The van der Waals surface area contributed by atoms with E-state index in [1.165, 1.54) is 0 Å². The van der Waals surface area contributed by atoms with E-state index < -0.39 is 23.9 Å². The molecule has 0 saturated carbocycles. The van der Waals surface area contributed by atoms with E-state index >= 15 is 0 Å². The maximum Gasteiger partial charge on any atom is 0.341 e. The van der Waals surface area contributed by atoms with Crippen molar-refractivity contribution < 1.29 is 14.7 Å². The van der Waals surface area contributed by atoms with Gasteiger partial charge in [0.2, 0.25) is 5.91 Å². The van der Waals surface area contributed by atoms with Gasteiger partial charge in [-0.1, -0.05) is 15.9 Å². The van der Waals surface area contributed by atoms with Crippen molar-refractivity contribution in [1.29, 1.82) is 0 Å². The van der Waals surface area contributed by atoms with E-state index in [1.54, 1.807) is 25.1 Å². The first-order valence-electron chi connectivity index (χ1n) is 6.51. The number of amides is 3. The minimum absolute atomic E-state index is 0.182. The Bertz CT molecular complexity index is 615. The molecule has 0 fully saturated rings. The van der Waals surface area contributed by atoms with Gasteiger partial charge < -0.3 is 16.2 Å². The van der Waals surface area contributed by atoms with E-state index in [9.17, 15) is 14.7 Å². The highest BCUT2D eigenvalue weighted by atomic mass is 79.9. The third-order valence-corrected chi connectivity index (χ3v) is 4.01. The van der Waals surface area contributed by atoms with Gasteiger partial charge >= 0.3 is 6.03 Å². The Labute approximate surface area is 130 Å². The first-order chi connectivity index (χ1) is 9.88. The van der Waals surface area contributed by atoms with Crippen molar-refractivity contribution in [2.45, 2.75) is 25.8 Å². The molecule has 7 heteroatoms. The van der Waals surface area contributed by atoms with Crippen LogP contribution in [0, 0.1) is 5.92 Å². The molecule has 2 atom stereocenters. The molecule has 0 radical (unpaired) electrons. The monoisotopic (exact) mass is 353 g/mol. The second kappa shape index (κ2) is 6.26. The van der Waals surface area contributed by atoms with Crippen molar-refractivity contribution in [3.05, 3.63) is 28.2 Å². The number of urea groups is 1. The SMILES string of the molecule is CC1=NC(=O)NC(CCc2cc(Br)ccc2O)C1C(N)=O. The van der Waals surface area contributed by atoms with E-state index in [4.69, 9.17) is 5.73 Å². The van der Waals surface area contributed by atoms with Crippen LogP contribution >= 0.6 is 15.9 Å². The average molecular weight is 354 g/mol. The van der Waals surface area contributed by atoms with Crippen molar-refractivity contribution >= 4 is 33.6 Å². The summed E-state index contributed by atoms with van der Waals surface area (Å²) in [4.78, 5) is 26.8. The highest BCUT2D eigenvalue weighted by Gasteiger charge is 2.34. The smallest absolute Gasteiger partial charge is 0.341 e. The van der Waals surface area contributed by atoms with Gasteiger partial charge in [0.05, 0.1) is 5.92 Å². The molecule has 1 aromatic rings. The normalized spacial score (nSPS) is 21.6. The second-order valence-corrected chi connectivity index (χ2v) is 5.92. The third kappa shape index (κ3) is 3.60. The van der Waals surface area contributed by atoms with Crippen LogP contribution in [0.2, 0.25) is 0 Å². The molecule has 0 aromatic heterocycles. The summed E-state index contributed by atoms with van der Waals surface area (Å²) >= 11 is 3.34. The van der Waals surface area contributed by atoms with Gasteiger partial charge in [-0.3, -0.25) is 4.79 Å². The average Bonchev–Trinajstić information content (AvgIpc) is 2.38. The van der Waals surface area contributed by atoms with Crippen LogP contribution < -0.4 is 11.1 Å². The number of primary amides is 1. The molecular formula is C14H16BrN3O3. The number of phenolic OH excluding ortho intramolecular Hbond substituents is 1. The highest BCUT2D eigenvalue weighted by molar-refractivity contribution is 9.10. The molecule has 0 saturated heterocycles. The molecule has 3 amide bonds. The number of nitrogens with one attached hydrogen (secondary N) is 1. The first-order valence-corrected chi connectivity index (χ1v) is 7.30. The van der Waals surface area contributed by atoms with Crippen LogP contribution in [-0.2, 0) is 11.2 Å². The van der Waals surface area contributed by atoms with Gasteiger partial charge in [-0.2, -0.15) is 0 Å². The molecule has 0 spiro atoms. The van der Waals surface area contributed by atoms with Crippen molar-refractivity contribution in [3.63, 3.8) is 0 Å². The van der Waals surface area contributed by atoms with Gasteiger partial charge in [0.25, 0.3) is 0 Å². The zero-order chi connectivity index (χ0) is 15.6. The van der Waals surface area contributed by atoms with Crippen LogP contribution in [0.3, 0.4) is 0 Å². The fourth-order valence-corrected chi connectivity index (χ4v) is 2.91. The van der Waals surface area contributed by atoms with Crippen LogP contribution in [0.5, 0.6) is 5.75 Å². The first kappa shape index (κ1) is 15.5. The number of hydrogen-bond donors (Lipinski definition) is 3. The molecule has 21 heavy (non-hydrogen) atoms. The van der Waals surface area contributed by atoms with Gasteiger partial charge in [-0.25, -0.2) is 9.79 Å². The Balaban J connectivity index is 2.14. The summed E-state index contributed by atoms with van der Waals surface area (Å²) in [6.07, 6.45) is 0.990. The third-order valence-electron chi connectivity index (χ3n) is 3.51. The maximum absolute atomic E-state index is 11.5. The van der Waals surface area contributed by atoms with E-state index in [1.807, 2.05) is 0 Å². The fraction of sp³-hybridized carbons (Fsp3) is 0.357. The number of carbonyl (C=O) groups excluding carboxylic acids is 2. The quantitative estimate of drug-likeness (QED) is 0.767. The number of aliphatic imine (C=N–C) groups is 1.